The maximum Gasteiger partial charge on any atom is 0.490 e. The first-order chi connectivity index (χ1) is 18.4. The van der Waals surface area contributed by atoms with Gasteiger partial charge in [0.2, 0.25) is 5.91 Å². The van der Waals surface area contributed by atoms with Gasteiger partial charge in [0, 0.05) is 37.3 Å². The molecule has 2 aromatic carbocycles. The second-order valence-electron chi connectivity index (χ2n) is 10.0. The summed E-state index contributed by atoms with van der Waals surface area (Å²) in [7, 11) is 0. The number of carbonyl (C=O) groups excluding carboxylic acids is 2. The monoisotopic (exact) mass is 549 g/mol. The van der Waals surface area contributed by atoms with Gasteiger partial charge in [0.25, 0.3) is 5.91 Å². The number of carboxylic acid groups (broad SMARTS) is 1. The molecule has 0 spiro atoms. The average Bonchev–Trinajstić information content (AvgIpc) is 3.12. The summed E-state index contributed by atoms with van der Waals surface area (Å²) in [6.45, 7) is 3.47. The van der Waals surface area contributed by atoms with E-state index in [0.29, 0.717) is 36.7 Å². The largest absolute Gasteiger partial charge is 0.490 e. The van der Waals surface area contributed by atoms with Crippen LogP contribution < -0.4 is 5.73 Å². The molecule has 0 aliphatic carbocycles. The predicted octanol–water partition coefficient (Wildman–Crippen LogP) is 3.54. The third kappa shape index (κ3) is 8.27. The Morgan fingerprint density at radius 1 is 1.05 bits per heavy atom. The lowest BCUT2D eigenvalue weighted by molar-refractivity contribution is -0.192. The van der Waals surface area contributed by atoms with E-state index >= 15 is 0 Å². The van der Waals surface area contributed by atoms with Crippen molar-refractivity contribution in [2.75, 3.05) is 13.1 Å². The zero-order valence-electron chi connectivity index (χ0n) is 21.7. The van der Waals surface area contributed by atoms with Crippen LogP contribution in [0.1, 0.15) is 60.0 Å². The van der Waals surface area contributed by atoms with Crippen LogP contribution in [0, 0.1) is 0 Å². The van der Waals surface area contributed by atoms with E-state index in [1.165, 1.54) is 25.3 Å². The fraction of sp³-hybridized carbons (Fsp3) is 0.464. The highest BCUT2D eigenvalue weighted by molar-refractivity contribution is 5.92. The summed E-state index contributed by atoms with van der Waals surface area (Å²) in [4.78, 5) is 37.5. The molecule has 11 heteroatoms. The Kier molecular flexibility index (Phi) is 10.1. The number of fused-ring (bicyclic) bond motifs is 2. The molecule has 212 valence electrons. The van der Waals surface area contributed by atoms with Crippen LogP contribution in [0.15, 0.2) is 54.6 Å². The molecule has 2 aliphatic heterocycles. The summed E-state index contributed by atoms with van der Waals surface area (Å²) in [5.74, 6) is -2.93. The molecule has 2 aromatic rings. The minimum absolute atomic E-state index is 0.223. The normalized spacial score (nSPS) is 21.4. The second kappa shape index (κ2) is 13.1. The Hall–Kier alpha value is -3.44. The lowest BCUT2D eigenvalue weighted by Crippen LogP contribution is -2.48. The van der Waals surface area contributed by atoms with E-state index in [1.54, 1.807) is 11.0 Å². The number of hydrogen-bond acceptors (Lipinski definition) is 5. The van der Waals surface area contributed by atoms with Crippen molar-refractivity contribution < 1.29 is 37.8 Å². The molecule has 39 heavy (non-hydrogen) atoms. The van der Waals surface area contributed by atoms with Crippen LogP contribution in [-0.4, -0.2) is 75.2 Å². The molecule has 2 saturated heterocycles. The van der Waals surface area contributed by atoms with Gasteiger partial charge in [-0.1, -0.05) is 42.5 Å². The van der Waals surface area contributed by atoms with Crippen molar-refractivity contribution in [3.05, 3.63) is 71.3 Å². The van der Waals surface area contributed by atoms with Crippen LogP contribution in [0.4, 0.5) is 13.2 Å². The molecule has 2 bridgehead atoms. The van der Waals surface area contributed by atoms with E-state index in [0.717, 1.165) is 24.9 Å². The smallest absolute Gasteiger partial charge is 0.475 e. The van der Waals surface area contributed by atoms with Crippen LogP contribution in [-0.2, 0) is 16.1 Å². The number of carbonyl (C=O) groups is 3. The van der Waals surface area contributed by atoms with E-state index < -0.39 is 18.2 Å². The number of piperidine rings is 1. The standard InChI is InChI=1S/C26H33N3O3.C2HF3O2/c1-18(30)26(32)28(17-19-6-3-2-4-7-19)12-13-29-23-10-11-24(29)16-22(15-23)20-8-5-9-21(14-20)25(27)31;3-2(4,5)1(6)7/h2-9,14,18,22-24,30H,10-13,15-17H2,1H3,(H2,27,31);(H,6,7)/t18?,22?,23-,24+;. The van der Waals surface area contributed by atoms with Crippen LogP contribution in [0.3, 0.4) is 0 Å². The van der Waals surface area contributed by atoms with Gasteiger partial charge in [0.1, 0.15) is 6.10 Å². The van der Waals surface area contributed by atoms with Crippen molar-refractivity contribution in [1.29, 1.82) is 0 Å². The number of primary amides is 1. The zero-order valence-corrected chi connectivity index (χ0v) is 21.7. The number of amides is 2. The fourth-order valence-electron chi connectivity index (χ4n) is 5.43. The molecule has 4 N–H and O–H groups in total. The lowest BCUT2D eigenvalue weighted by Gasteiger charge is -2.40. The van der Waals surface area contributed by atoms with E-state index in [-0.39, 0.29) is 11.8 Å². The summed E-state index contributed by atoms with van der Waals surface area (Å²) in [5.41, 5.74) is 8.32. The van der Waals surface area contributed by atoms with Crippen LogP contribution in [0.25, 0.3) is 0 Å². The maximum atomic E-state index is 12.6. The molecule has 2 aliphatic rings. The predicted molar refractivity (Wildman–Crippen MR) is 138 cm³/mol. The molecule has 0 radical (unpaired) electrons. The summed E-state index contributed by atoms with van der Waals surface area (Å²) in [6.07, 6.45) is -1.64. The van der Waals surface area contributed by atoms with Gasteiger partial charge in [0.05, 0.1) is 0 Å². The number of hydrogen-bond donors (Lipinski definition) is 3. The molecule has 4 rings (SSSR count). The number of nitrogens with two attached hydrogens (primary N) is 1. The summed E-state index contributed by atoms with van der Waals surface area (Å²) in [6, 6.07) is 18.6. The number of halogens is 3. The SMILES string of the molecule is CC(O)C(=O)N(CCN1[C@@H]2CC[C@H]1CC(c1cccc(C(N)=O)c1)C2)Cc1ccccc1.O=C(O)C(F)(F)F. The number of aliphatic hydroxyl groups is 1. The topological polar surface area (TPSA) is 124 Å². The van der Waals surface area contributed by atoms with E-state index in [2.05, 4.69) is 11.0 Å². The average molecular weight is 550 g/mol. The quantitative estimate of drug-likeness (QED) is 0.463. The first-order valence-electron chi connectivity index (χ1n) is 12.8. The Labute approximate surface area is 225 Å². The number of aliphatic hydroxyl groups excluding tert-OH is 1. The molecule has 4 atom stereocenters. The highest BCUT2D eigenvalue weighted by Crippen LogP contribution is 2.43. The molecular weight excluding hydrogens is 515 g/mol. The van der Waals surface area contributed by atoms with Gasteiger partial charge in [-0.25, -0.2) is 4.79 Å². The molecule has 0 saturated carbocycles. The van der Waals surface area contributed by atoms with Gasteiger partial charge in [-0.15, -0.1) is 0 Å². The summed E-state index contributed by atoms with van der Waals surface area (Å²) in [5, 5.41) is 17.0. The van der Waals surface area contributed by atoms with Crippen LogP contribution in [0.5, 0.6) is 0 Å². The highest BCUT2D eigenvalue weighted by atomic mass is 19.4. The van der Waals surface area contributed by atoms with Gasteiger partial charge < -0.3 is 20.8 Å². The van der Waals surface area contributed by atoms with Crippen molar-refractivity contribution in [3.8, 4) is 0 Å². The Balaban J connectivity index is 0.000000532. The van der Waals surface area contributed by atoms with Gasteiger partial charge in [0.15, 0.2) is 0 Å². The third-order valence-corrected chi connectivity index (χ3v) is 7.28. The molecule has 2 heterocycles. The van der Waals surface area contributed by atoms with Crippen molar-refractivity contribution in [3.63, 3.8) is 0 Å². The molecule has 2 amide bonds. The minimum Gasteiger partial charge on any atom is -0.475 e. The van der Waals surface area contributed by atoms with Crippen molar-refractivity contribution in [2.45, 2.75) is 69.4 Å². The van der Waals surface area contributed by atoms with Gasteiger partial charge in [-0.3, -0.25) is 14.5 Å². The number of aliphatic carboxylic acids is 1. The fourth-order valence-corrected chi connectivity index (χ4v) is 5.43. The number of benzene rings is 2. The molecule has 2 unspecified atom stereocenters. The van der Waals surface area contributed by atoms with Crippen molar-refractivity contribution in [2.24, 2.45) is 5.73 Å². The number of carboxylic acids is 1. The van der Waals surface area contributed by atoms with Crippen LogP contribution >= 0.6 is 0 Å². The molecule has 0 aromatic heterocycles. The number of alkyl halides is 3. The summed E-state index contributed by atoms with van der Waals surface area (Å²) >= 11 is 0. The Morgan fingerprint density at radius 2 is 1.64 bits per heavy atom. The van der Waals surface area contributed by atoms with Gasteiger partial charge in [-0.05, 0) is 61.8 Å². The highest BCUT2D eigenvalue weighted by Gasteiger charge is 2.41. The van der Waals surface area contributed by atoms with Gasteiger partial charge in [-0.2, -0.15) is 13.2 Å². The Bertz CT molecular complexity index is 1130. The third-order valence-electron chi connectivity index (χ3n) is 7.28. The number of nitrogens with zero attached hydrogens (tertiary/aromatic N) is 2. The number of rotatable bonds is 8. The van der Waals surface area contributed by atoms with E-state index in [1.807, 2.05) is 42.5 Å². The lowest BCUT2D eigenvalue weighted by atomic mass is 9.84. The minimum atomic E-state index is -5.08. The second-order valence-corrected chi connectivity index (χ2v) is 10.0. The molecule has 8 nitrogen and oxygen atoms in total. The molecular formula is C28H34F3N3O5. The zero-order chi connectivity index (χ0) is 28.7. The summed E-state index contributed by atoms with van der Waals surface area (Å²) < 4.78 is 31.7. The maximum absolute atomic E-state index is 12.6. The first-order valence-corrected chi connectivity index (χ1v) is 12.8. The van der Waals surface area contributed by atoms with E-state index in [4.69, 9.17) is 15.6 Å². The van der Waals surface area contributed by atoms with E-state index in [9.17, 15) is 27.9 Å². The first kappa shape index (κ1) is 30.1. The Morgan fingerprint density at radius 3 is 2.15 bits per heavy atom. The van der Waals surface area contributed by atoms with Crippen LogP contribution in [0.2, 0.25) is 0 Å². The molecule has 2 fully saturated rings. The van der Waals surface area contributed by atoms with Gasteiger partial charge >= 0.3 is 12.1 Å². The van der Waals surface area contributed by atoms with Crippen molar-refractivity contribution in [1.82, 2.24) is 9.80 Å². The van der Waals surface area contributed by atoms with Crippen molar-refractivity contribution >= 4 is 17.8 Å².